The Kier molecular flexibility index (Phi) is 4.63. The van der Waals surface area contributed by atoms with Crippen molar-refractivity contribution >= 4 is 22.5 Å². The van der Waals surface area contributed by atoms with Crippen LogP contribution in [0.4, 0.5) is 5.69 Å². The molecule has 0 bridgehead atoms. The fourth-order valence-electron chi connectivity index (χ4n) is 3.09. The number of fused-ring (bicyclic) bond motifs is 1. The molecule has 7 nitrogen and oxygen atoms in total. The lowest BCUT2D eigenvalue weighted by molar-refractivity contribution is -0.119. The van der Waals surface area contributed by atoms with Crippen LogP contribution in [0.5, 0.6) is 0 Å². The van der Waals surface area contributed by atoms with Crippen LogP contribution in [0.3, 0.4) is 0 Å². The normalized spacial score (nSPS) is 12.3. The van der Waals surface area contributed by atoms with Crippen LogP contribution in [0.25, 0.3) is 10.9 Å². The van der Waals surface area contributed by atoms with Crippen LogP contribution in [0.15, 0.2) is 27.5 Å². The number of carbonyl (C=O) groups is 1. The van der Waals surface area contributed by atoms with E-state index in [0.29, 0.717) is 23.3 Å². The van der Waals surface area contributed by atoms with Gasteiger partial charge in [0.1, 0.15) is 11.8 Å². The molecule has 0 unspecified atom stereocenters. The minimum absolute atomic E-state index is 0.202. The van der Waals surface area contributed by atoms with E-state index in [-0.39, 0.29) is 11.4 Å². The van der Waals surface area contributed by atoms with Gasteiger partial charge in [0.2, 0.25) is 5.91 Å². The Labute approximate surface area is 151 Å². The van der Waals surface area contributed by atoms with Crippen molar-refractivity contribution in [3.8, 4) is 0 Å². The van der Waals surface area contributed by atoms with Crippen molar-refractivity contribution in [2.75, 3.05) is 5.32 Å². The average Bonchev–Trinajstić information content (AvgIpc) is 2.99. The van der Waals surface area contributed by atoms with Gasteiger partial charge in [0, 0.05) is 5.69 Å². The molecule has 1 atom stereocenters. The molecule has 0 aliphatic heterocycles. The summed E-state index contributed by atoms with van der Waals surface area (Å²) in [4.78, 5) is 25.6. The number of nitrogens with zero attached hydrogens (tertiary/aromatic N) is 3. The van der Waals surface area contributed by atoms with E-state index in [1.165, 1.54) is 4.68 Å². The third kappa shape index (κ3) is 2.89. The first kappa shape index (κ1) is 17.8. The van der Waals surface area contributed by atoms with Crippen molar-refractivity contribution in [2.45, 2.75) is 47.1 Å². The van der Waals surface area contributed by atoms with Crippen molar-refractivity contribution in [3.05, 3.63) is 51.1 Å². The Hall–Kier alpha value is -2.96. The van der Waals surface area contributed by atoms with Gasteiger partial charge in [-0.15, -0.1) is 0 Å². The zero-order valence-electron chi connectivity index (χ0n) is 15.6. The molecule has 0 radical (unpaired) electrons. The predicted molar refractivity (Wildman–Crippen MR) is 99.4 cm³/mol. The Morgan fingerprint density at radius 3 is 2.69 bits per heavy atom. The molecule has 1 aromatic carbocycles. The van der Waals surface area contributed by atoms with E-state index in [2.05, 4.69) is 15.6 Å². The maximum atomic E-state index is 12.9. The molecule has 1 N–H and O–H groups in total. The number of carbonyl (C=O) groups excluding carboxylic acids is 1. The predicted octanol–water partition coefficient (Wildman–Crippen LogP) is 3.21. The SMILES string of the molecule is CC[C@@H](C(=O)Nc1cccc(C)c1C)n1nc(C)c2c(C)onc2c1=O. The van der Waals surface area contributed by atoms with Crippen LogP contribution in [0.2, 0.25) is 0 Å². The minimum atomic E-state index is -0.734. The van der Waals surface area contributed by atoms with E-state index in [1.807, 2.05) is 39.0 Å². The first-order valence-electron chi connectivity index (χ1n) is 8.57. The van der Waals surface area contributed by atoms with Gasteiger partial charge in [-0.05, 0) is 51.3 Å². The van der Waals surface area contributed by atoms with E-state index in [0.717, 1.165) is 16.8 Å². The molecule has 0 aliphatic rings. The van der Waals surface area contributed by atoms with E-state index in [1.54, 1.807) is 13.8 Å². The number of aromatic nitrogens is 3. The van der Waals surface area contributed by atoms with E-state index in [9.17, 15) is 9.59 Å². The lowest BCUT2D eigenvalue weighted by atomic mass is 10.1. The molecule has 2 heterocycles. The van der Waals surface area contributed by atoms with Crippen LogP contribution in [-0.2, 0) is 4.79 Å². The number of rotatable bonds is 4. The van der Waals surface area contributed by atoms with Gasteiger partial charge in [-0.1, -0.05) is 24.2 Å². The lowest BCUT2D eigenvalue weighted by Crippen LogP contribution is -2.35. The topological polar surface area (TPSA) is 90.0 Å². The smallest absolute Gasteiger partial charge is 0.297 e. The number of nitrogens with one attached hydrogen (secondary N) is 1. The molecule has 136 valence electrons. The lowest BCUT2D eigenvalue weighted by Gasteiger charge is -2.18. The average molecular weight is 354 g/mol. The second kappa shape index (κ2) is 6.74. The molecule has 0 spiro atoms. The van der Waals surface area contributed by atoms with E-state index >= 15 is 0 Å². The number of aryl methyl sites for hydroxylation is 3. The summed E-state index contributed by atoms with van der Waals surface area (Å²) < 4.78 is 6.33. The number of anilines is 1. The molecule has 7 heteroatoms. The van der Waals surface area contributed by atoms with Gasteiger partial charge in [-0.3, -0.25) is 9.59 Å². The highest BCUT2D eigenvalue weighted by atomic mass is 16.5. The molecular formula is C19H22N4O3. The Bertz CT molecular complexity index is 1050. The summed E-state index contributed by atoms with van der Waals surface area (Å²) in [6.07, 6.45) is 0.422. The standard InChI is InChI=1S/C19H22N4O3/c1-6-15(18(24)20-14-9-7-8-10(2)11(14)3)23-19(25)17-16(12(4)21-23)13(5)26-22-17/h7-9,15H,6H2,1-5H3,(H,20,24)/t15-/m0/s1. The monoisotopic (exact) mass is 354 g/mol. The quantitative estimate of drug-likeness (QED) is 0.777. The van der Waals surface area contributed by atoms with Crippen molar-refractivity contribution in [1.82, 2.24) is 14.9 Å². The van der Waals surface area contributed by atoms with Crippen LogP contribution in [-0.4, -0.2) is 20.8 Å². The number of benzene rings is 1. The molecule has 0 saturated heterocycles. The molecule has 3 rings (SSSR count). The third-order valence-electron chi connectivity index (χ3n) is 4.74. The first-order chi connectivity index (χ1) is 12.3. The van der Waals surface area contributed by atoms with Crippen molar-refractivity contribution in [2.24, 2.45) is 0 Å². The zero-order chi connectivity index (χ0) is 19.0. The fraction of sp³-hybridized carbons (Fsp3) is 0.368. The molecular weight excluding hydrogens is 332 g/mol. The van der Waals surface area contributed by atoms with Crippen LogP contribution >= 0.6 is 0 Å². The van der Waals surface area contributed by atoms with Gasteiger partial charge in [-0.25, -0.2) is 4.68 Å². The molecule has 3 aromatic rings. The maximum absolute atomic E-state index is 12.9. The van der Waals surface area contributed by atoms with Crippen molar-refractivity contribution in [1.29, 1.82) is 0 Å². The summed E-state index contributed by atoms with van der Waals surface area (Å²) in [6.45, 7) is 9.29. The Morgan fingerprint density at radius 2 is 2.00 bits per heavy atom. The largest absolute Gasteiger partial charge is 0.360 e. The second-order valence-corrected chi connectivity index (χ2v) is 6.46. The minimum Gasteiger partial charge on any atom is -0.360 e. The highest BCUT2D eigenvalue weighted by Gasteiger charge is 2.25. The highest BCUT2D eigenvalue weighted by Crippen LogP contribution is 2.22. The van der Waals surface area contributed by atoms with Gasteiger partial charge in [0.25, 0.3) is 5.56 Å². The second-order valence-electron chi connectivity index (χ2n) is 6.46. The number of amides is 1. The van der Waals surface area contributed by atoms with E-state index < -0.39 is 11.6 Å². The molecule has 0 aliphatic carbocycles. The maximum Gasteiger partial charge on any atom is 0.297 e. The van der Waals surface area contributed by atoms with Gasteiger partial charge in [0.05, 0.1) is 11.1 Å². The van der Waals surface area contributed by atoms with Crippen LogP contribution in [0, 0.1) is 27.7 Å². The Balaban J connectivity index is 2.02. The Morgan fingerprint density at radius 1 is 1.27 bits per heavy atom. The third-order valence-corrected chi connectivity index (χ3v) is 4.74. The summed E-state index contributed by atoms with van der Waals surface area (Å²) in [7, 11) is 0. The summed E-state index contributed by atoms with van der Waals surface area (Å²) >= 11 is 0. The molecule has 1 amide bonds. The van der Waals surface area contributed by atoms with E-state index in [4.69, 9.17) is 4.52 Å². The zero-order valence-corrected chi connectivity index (χ0v) is 15.6. The van der Waals surface area contributed by atoms with Gasteiger partial charge >= 0.3 is 0 Å². The van der Waals surface area contributed by atoms with Crippen LogP contribution in [0.1, 0.15) is 42.0 Å². The van der Waals surface area contributed by atoms with Crippen molar-refractivity contribution < 1.29 is 9.32 Å². The first-order valence-corrected chi connectivity index (χ1v) is 8.57. The molecule has 0 fully saturated rings. The molecule has 2 aromatic heterocycles. The molecule has 0 saturated carbocycles. The van der Waals surface area contributed by atoms with Gasteiger partial charge in [0.15, 0.2) is 5.52 Å². The van der Waals surface area contributed by atoms with Gasteiger partial charge < -0.3 is 9.84 Å². The summed E-state index contributed by atoms with van der Waals surface area (Å²) in [6, 6.07) is 4.98. The summed E-state index contributed by atoms with van der Waals surface area (Å²) in [5, 5.41) is 11.7. The van der Waals surface area contributed by atoms with Crippen LogP contribution < -0.4 is 10.9 Å². The fourth-order valence-corrected chi connectivity index (χ4v) is 3.09. The molecule has 26 heavy (non-hydrogen) atoms. The highest BCUT2D eigenvalue weighted by molar-refractivity contribution is 5.94. The number of hydrogen-bond acceptors (Lipinski definition) is 5. The summed E-state index contributed by atoms with van der Waals surface area (Å²) in [5.41, 5.74) is 3.20. The number of hydrogen-bond donors (Lipinski definition) is 1. The summed E-state index contributed by atoms with van der Waals surface area (Å²) in [5.74, 6) is 0.261. The van der Waals surface area contributed by atoms with Gasteiger partial charge in [-0.2, -0.15) is 5.10 Å². The van der Waals surface area contributed by atoms with Crippen molar-refractivity contribution in [3.63, 3.8) is 0 Å².